The van der Waals surface area contributed by atoms with E-state index >= 15 is 0 Å². The molecule has 19 heavy (non-hydrogen) atoms. The lowest BCUT2D eigenvalue weighted by Gasteiger charge is -2.08. The molecule has 0 spiro atoms. The summed E-state index contributed by atoms with van der Waals surface area (Å²) in [7, 11) is 0. The summed E-state index contributed by atoms with van der Waals surface area (Å²) >= 11 is 12.0. The molecule has 0 saturated carbocycles. The third-order valence-corrected chi connectivity index (χ3v) is 2.62. The van der Waals surface area contributed by atoms with Crippen LogP contribution in [0.25, 0.3) is 0 Å². The van der Waals surface area contributed by atoms with Gasteiger partial charge < -0.3 is 5.73 Å². The largest absolute Gasteiger partial charge is 0.382 e. The normalized spacial score (nSPS) is 10.4. The highest BCUT2D eigenvalue weighted by Gasteiger charge is 2.09. The van der Waals surface area contributed by atoms with Gasteiger partial charge in [0.15, 0.2) is 5.84 Å². The quantitative estimate of drug-likeness (QED) is 0.448. The molecular formula is C11H8Cl2N6. The Labute approximate surface area is 119 Å². The summed E-state index contributed by atoms with van der Waals surface area (Å²) in [5.41, 5.74) is 8.28. The molecule has 0 aromatic heterocycles. The minimum Gasteiger partial charge on any atom is -0.382 e. The van der Waals surface area contributed by atoms with Gasteiger partial charge in [0.25, 0.3) is 0 Å². The van der Waals surface area contributed by atoms with Gasteiger partial charge in [-0.3, -0.25) is 10.8 Å². The van der Waals surface area contributed by atoms with Crippen molar-refractivity contribution in [3.05, 3.63) is 27.7 Å². The highest BCUT2D eigenvalue weighted by Crippen LogP contribution is 2.32. The first kappa shape index (κ1) is 14.8. The molecule has 0 radical (unpaired) electrons. The second-order valence-corrected chi connectivity index (χ2v) is 4.18. The Balaban J connectivity index is 3.07. The summed E-state index contributed by atoms with van der Waals surface area (Å²) < 4.78 is 0. The van der Waals surface area contributed by atoms with E-state index in [9.17, 15) is 0 Å². The molecule has 0 aliphatic heterocycles. The highest BCUT2D eigenvalue weighted by molar-refractivity contribution is 6.46. The third kappa shape index (κ3) is 3.85. The predicted molar refractivity (Wildman–Crippen MR) is 74.4 cm³/mol. The topological polar surface area (TPSA) is 122 Å². The van der Waals surface area contributed by atoms with Gasteiger partial charge >= 0.3 is 0 Å². The second kappa shape index (κ2) is 6.60. The van der Waals surface area contributed by atoms with Gasteiger partial charge in [0.05, 0.1) is 28.2 Å². The molecule has 96 valence electrons. The molecule has 4 N–H and O–H groups in total. The van der Waals surface area contributed by atoms with Crippen molar-refractivity contribution in [2.45, 2.75) is 6.42 Å². The van der Waals surface area contributed by atoms with E-state index in [0.29, 0.717) is 5.56 Å². The minimum atomic E-state index is -0.469. The average Bonchev–Trinajstić information content (AvgIpc) is 2.32. The zero-order chi connectivity index (χ0) is 14.4. The van der Waals surface area contributed by atoms with Gasteiger partial charge in [-0.25, -0.2) is 0 Å². The van der Waals surface area contributed by atoms with Gasteiger partial charge in [-0.2, -0.15) is 15.6 Å². The molecular weight excluding hydrogens is 287 g/mol. The molecule has 6 nitrogen and oxygen atoms in total. The van der Waals surface area contributed by atoms with Crippen LogP contribution in [0.4, 0.5) is 5.69 Å². The van der Waals surface area contributed by atoms with Gasteiger partial charge in [-0.1, -0.05) is 23.2 Å². The van der Waals surface area contributed by atoms with Crippen LogP contribution in [0, 0.1) is 28.1 Å². The number of rotatable bonds is 4. The summed E-state index contributed by atoms with van der Waals surface area (Å²) in [5, 5.41) is 28.5. The van der Waals surface area contributed by atoms with E-state index in [0.717, 1.165) is 0 Å². The molecule has 0 saturated heterocycles. The number of benzene rings is 1. The molecule has 0 amide bonds. The second-order valence-electron chi connectivity index (χ2n) is 3.37. The number of amidine groups is 1. The number of hydrogen-bond acceptors (Lipinski definition) is 5. The van der Waals surface area contributed by atoms with Gasteiger partial charge in [-0.05, 0) is 17.7 Å². The van der Waals surface area contributed by atoms with Crippen molar-refractivity contribution in [3.8, 4) is 12.1 Å². The van der Waals surface area contributed by atoms with E-state index in [1.54, 1.807) is 18.2 Å². The van der Waals surface area contributed by atoms with Gasteiger partial charge in [0.2, 0.25) is 5.71 Å². The number of nitrogens with one attached hydrogen (secondary N) is 2. The van der Waals surface area contributed by atoms with Crippen LogP contribution in [0.15, 0.2) is 17.2 Å². The zero-order valence-corrected chi connectivity index (χ0v) is 11.0. The van der Waals surface area contributed by atoms with Crippen molar-refractivity contribution in [2.75, 3.05) is 5.43 Å². The fraction of sp³-hybridized carbons (Fsp3) is 0.0909. The van der Waals surface area contributed by atoms with E-state index in [-0.39, 0.29) is 27.9 Å². The molecule has 0 fully saturated rings. The molecule has 0 unspecified atom stereocenters. The van der Waals surface area contributed by atoms with Crippen LogP contribution in [-0.4, -0.2) is 11.5 Å². The molecule has 1 aromatic carbocycles. The summed E-state index contributed by atoms with van der Waals surface area (Å²) in [5.74, 6) is -0.469. The Hall–Kier alpha value is -2.28. The van der Waals surface area contributed by atoms with E-state index in [1.165, 1.54) is 0 Å². The van der Waals surface area contributed by atoms with E-state index in [2.05, 4.69) is 10.5 Å². The van der Waals surface area contributed by atoms with E-state index in [4.69, 9.17) is 44.9 Å². The standard InChI is InChI=1S/C11H8Cl2N6/c12-7-3-6(1-2-14)4-8(13)10(7)19-18-9(5-15)11(16)17/h3-4,19H,1H2,(H3,16,17)/b18-9+. The lowest BCUT2D eigenvalue weighted by Crippen LogP contribution is -2.21. The van der Waals surface area contributed by atoms with E-state index < -0.39 is 5.84 Å². The van der Waals surface area contributed by atoms with Crippen molar-refractivity contribution in [1.29, 1.82) is 15.9 Å². The van der Waals surface area contributed by atoms with Crippen LogP contribution < -0.4 is 11.2 Å². The van der Waals surface area contributed by atoms with E-state index in [1.807, 2.05) is 6.07 Å². The number of nitriles is 2. The summed E-state index contributed by atoms with van der Waals surface area (Å²) in [6, 6.07) is 6.76. The van der Waals surface area contributed by atoms with Gasteiger partial charge in [0, 0.05) is 0 Å². The summed E-state index contributed by atoms with van der Waals surface area (Å²) in [6.07, 6.45) is 0.180. The first-order valence-electron chi connectivity index (χ1n) is 4.92. The van der Waals surface area contributed by atoms with Crippen molar-refractivity contribution < 1.29 is 0 Å². The average molecular weight is 295 g/mol. The first-order valence-corrected chi connectivity index (χ1v) is 5.68. The van der Waals surface area contributed by atoms with Crippen LogP contribution in [0.1, 0.15) is 5.56 Å². The maximum atomic E-state index is 8.68. The molecule has 0 heterocycles. The summed E-state index contributed by atoms with van der Waals surface area (Å²) in [4.78, 5) is 0. The van der Waals surface area contributed by atoms with Crippen LogP contribution in [0.2, 0.25) is 10.0 Å². The van der Waals surface area contributed by atoms with Crippen LogP contribution in [0.5, 0.6) is 0 Å². The minimum absolute atomic E-state index is 0.180. The van der Waals surface area contributed by atoms with Crippen molar-refractivity contribution >= 4 is 40.4 Å². The Morgan fingerprint density at radius 2 is 1.95 bits per heavy atom. The third-order valence-electron chi connectivity index (χ3n) is 2.03. The SMILES string of the molecule is N#CCc1cc(Cl)c(N/N=C(\C#N)C(=N)N)c(Cl)c1. The summed E-state index contributed by atoms with van der Waals surface area (Å²) in [6.45, 7) is 0. The predicted octanol–water partition coefficient (Wildman–Crippen LogP) is 2.29. The monoisotopic (exact) mass is 294 g/mol. The molecule has 0 atom stereocenters. The maximum Gasteiger partial charge on any atom is 0.201 e. The van der Waals surface area contributed by atoms with Crippen molar-refractivity contribution in [2.24, 2.45) is 10.8 Å². The number of nitrogens with two attached hydrogens (primary N) is 1. The Kier molecular flexibility index (Phi) is 5.13. The van der Waals surface area contributed by atoms with Gasteiger partial charge in [-0.15, -0.1) is 0 Å². The van der Waals surface area contributed by atoms with Crippen LogP contribution >= 0.6 is 23.2 Å². The molecule has 0 aliphatic rings. The smallest absolute Gasteiger partial charge is 0.201 e. The number of hydrogen-bond donors (Lipinski definition) is 3. The molecule has 1 rings (SSSR count). The van der Waals surface area contributed by atoms with Crippen LogP contribution in [0.3, 0.4) is 0 Å². The van der Waals surface area contributed by atoms with Crippen LogP contribution in [-0.2, 0) is 6.42 Å². The number of anilines is 1. The van der Waals surface area contributed by atoms with Gasteiger partial charge in [0.1, 0.15) is 6.07 Å². The molecule has 1 aromatic rings. The molecule has 0 aliphatic carbocycles. The molecule has 0 bridgehead atoms. The number of nitrogens with zero attached hydrogens (tertiary/aromatic N) is 3. The maximum absolute atomic E-state index is 8.68. The van der Waals surface area contributed by atoms with Crippen molar-refractivity contribution in [1.82, 2.24) is 0 Å². The Morgan fingerprint density at radius 1 is 1.37 bits per heavy atom. The highest BCUT2D eigenvalue weighted by atomic mass is 35.5. The fourth-order valence-corrected chi connectivity index (χ4v) is 1.80. The zero-order valence-electron chi connectivity index (χ0n) is 9.54. The lowest BCUT2D eigenvalue weighted by atomic mass is 10.1. The number of halogens is 2. The molecule has 8 heteroatoms. The lowest BCUT2D eigenvalue weighted by molar-refractivity contribution is 1.25. The number of hydrazone groups is 1. The Morgan fingerprint density at radius 3 is 2.37 bits per heavy atom. The van der Waals surface area contributed by atoms with Crippen molar-refractivity contribution in [3.63, 3.8) is 0 Å². The fourth-order valence-electron chi connectivity index (χ4n) is 1.18. The first-order chi connectivity index (χ1) is 8.99. The Bertz CT molecular complexity index is 600.